The standard InChI is InChI=1S/C12H17FN2O4S.ClH/c1-14-6-3-7-15-20(17,18)11-5-4-9(13)8-10(11)12(16)19-2;/h4-5,8,14-15H,3,6-7H2,1-2H3;1H. The van der Waals surface area contributed by atoms with E-state index in [2.05, 4.69) is 14.8 Å². The molecule has 6 nitrogen and oxygen atoms in total. The quantitative estimate of drug-likeness (QED) is 0.569. The fourth-order valence-electron chi connectivity index (χ4n) is 1.56. The first-order valence-electron chi connectivity index (χ1n) is 5.94. The third-order valence-corrected chi connectivity index (χ3v) is 4.05. The number of benzene rings is 1. The van der Waals surface area contributed by atoms with Crippen molar-refractivity contribution >= 4 is 28.4 Å². The van der Waals surface area contributed by atoms with E-state index < -0.39 is 21.8 Å². The third-order valence-electron chi connectivity index (χ3n) is 2.53. The first-order chi connectivity index (χ1) is 9.42. The van der Waals surface area contributed by atoms with Crippen LogP contribution in [0.4, 0.5) is 4.39 Å². The van der Waals surface area contributed by atoms with Gasteiger partial charge in [-0.1, -0.05) is 0 Å². The summed E-state index contributed by atoms with van der Waals surface area (Å²) in [6.45, 7) is 0.858. The van der Waals surface area contributed by atoms with Crippen LogP contribution in [0.2, 0.25) is 0 Å². The van der Waals surface area contributed by atoms with Crippen LogP contribution in [0, 0.1) is 5.82 Å². The smallest absolute Gasteiger partial charge is 0.339 e. The van der Waals surface area contributed by atoms with Crippen LogP contribution in [0.25, 0.3) is 0 Å². The van der Waals surface area contributed by atoms with Crippen molar-refractivity contribution in [2.24, 2.45) is 0 Å². The van der Waals surface area contributed by atoms with E-state index in [4.69, 9.17) is 0 Å². The largest absolute Gasteiger partial charge is 0.465 e. The van der Waals surface area contributed by atoms with Crippen molar-refractivity contribution in [3.8, 4) is 0 Å². The molecular weight excluding hydrogens is 323 g/mol. The van der Waals surface area contributed by atoms with Crippen molar-refractivity contribution in [2.45, 2.75) is 11.3 Å². The average Bonchev–Trinajstić information content (AvgIpc) is 2.42. The fraction of sp³-hybridized carbons (Fsp3) is 0.417. The Hall–Kier alpha value is -1.22. The SMILES string of the molecule is CNCCCNS(=O)(=O)c1ccc(F)cc1C(=O)OC.Cl. The Bertz CT molecular complexity index is 581. The minimum absolute atomic E-state index is 0. The van der Waals surface area contributed by atoms with Crippen LogP contribution in [0.15, 0.2) is 23.1 Å². The van der Waals surface area contributed by atoms with Gasteiger partial charge in [-0.3, -0.25) is 0 Å². The molecular formula is C12H18ClFN2O4S. The second-order valence-corrected chi connectivity index (χ2v) is 5.72. The highest BCUT2D eigenvalue weighted by Crippen LogP contribution is 2.18. The minimum Gasteiger partial charge on any atom is -0.465 e. The van der Waals surface area contributed by atoms with Crippen molar-refractivity contribution in [2.75, 3.05) is 27.2 Å². The highest BCUT2D eigenvalue weighted by atomic mass is 35.5. The van der Waals surface area contributed by atoms with Crippen LogP contribution in [0.1, 0.15) is 16.8 Å². The molecule has 1 rings (SSSR count). The Labute approximate surface area is 129 Å². The van der Waals surface area contributed by atoms with Gasteiger partial charge in [-0.05, 0) is 38.2 Å². The van der Waals surface area contributed by atoms with Gasteiger partial charge in [0.15, 0.2) is 0 Å². The van der Waals surface area contributed by atoms with Gasteiger partial charge in [0, 0.05) is 6.54 Å². The monoisotopic (exact) mass is 340 g/mol. The first-order valence-corrected chi connectivity index (χ1v) is 7.43. The molecule has 0 amide bonds. The van der Waals surface area contributed by atoms with Crippen LogP contribution in [-0.2, 0) is 14.8 Å². The molecule has 21 heavy (non-hydrogen) atoms. The van der Waals surface area contributed by atoms with Crippen LogP contribution in [0.3, 0.4) is 0 Å². The number of carbonyl (C=O) groups is 1. The van der Waals surface area contributed by atoms with Crippen molar-refractivity contribution in [3.05, 3.63) is 29.6 Å². The van der Waals surface area contributed by atoms with E-state index >= 15 is 0 Å². The molecule has 0 atom stereocenters. The predicted octanol–water partition coefficient (Wildman–Crippen LogP) is 0.922. The number of sulfonamides is 1. The van der Waals surface area contributed by atoms with E-state index in [1.807, 2.05) is 0 Å². The van der Waals surface area contributed by atoms with E-state index in [0.717, 1.165) is 25.3 Å². The molecule has 1 aromatic rings. The zero-order chi connectivity index (χ0) is 15.2. The van der Waals surface area contributed by atoms with Crippen molar-refractivity contribution in [3.63, 3.8) is 0 Å². The van der Waals surface area contributed by atoms with Crippen LogP contribution in [-0.4, -0.2) is 41.6 Å². The van der Waals surface area contributed by atoms with E-state index in [9.17, 15) is 17.6 Å². The van der Waals surface area contributed by atoms with Crippen LogP contribution >= 0.6 is 12.4 Å². The lowest BCUT2D eigenvalue weighted by Gasteiger charge is -2.10. The number of hydrogen-bond acceptors (Lipinski definition) is 5. The van der Waals surface area contributed by atoms with Gasteiger partial charge in [-0.15, -0.1) is 12.4 Å². The first kappa shape index (κ1) is 19.8. The highest BCUT2D eigenvalue weighted by molar-refractivity contribution is 7.89. The number of hydrogen-bond donors (Lipinski definition) is 2. The number of halogens is 2. The average molecular weight is 341 g/mol. The minimum atomic E-state index is -3.89. The van der Waals surface area contributed by atoms with Crippen molar-refractivity contribution in [1.82, 2.24) is 10.0 Å². The highest BCUT2D eigenvalue weighted by Gasteiger charge is 2.23. The number of esters is 1. The summed E-state index contributed by atoms with van der Waals surface area (Å²) in [6.07, 6.45) is 0.588. The van der Waals surface area contributed by atoms with Gasteiger partial charge in [-0.2, -0.15) is 0 Å². The molecule has 1 aromatic carbocycles. The zero-order valence-corrected chi connectivity index (χ0v) is 13.3. The number of methoxy groups -OCH3 is 1. The summed E-state index contributed by atoms with van der Waals surface area (Å²) in [4.78, 5) is 11.2. The molecule has 0 saturated carbocycles. The molecule has 0 heterocycles. The molecule has 0 aromatic heterocycles. The molecule has 120 valence electrons. The lowest BCUT2D eigenvalue weighted by atomic mass is 10.2. The number of carbonyl (C=O) groups excluding carboxylic acids is 1. The Morgan fingerprint density at radius 3 is 2.57 bits per heavy atom. The normalized spacial score (nSPS) is 10.8. The molecule has 0 spiro atoms. The summed E-state index contributed by atoms with van der Waals surface area (Å²) in [5.74, 6) is -1.61. The summed E-state index contributed by atoms with van der Waals surface area (Å²) in [5.41, 5.74) is -0.325. The molecule has 9 heteroatoms. The molecule has 2 N–H and O–H groups in total. The third kappa shape index (κ3) is 5.58. The van der Waals surface area contributed by atoms with Crippen molar-refractivity contribution < 1.29 is 22.3 Å². The maximum absolute atomic E-state index is 13.2. The molecule has 0 aliphatic heterocycles. The summed E-state index contributed by atoms with van der Waals surface area (Å²) in [7, 11) is -1.03. The summed E-state index contributed by atoms with van der Waals surface area (Å²) in [5, 5.41) is 2.88. The molecule has 0 radical (unpaired) electrons. The second-order valence-electron chi connectivity index (χ2n) is 3.99. The summed E-state index contributed by atoms with van der Waals surface area (Å²) in [6, 6.07) is 2.87. The van der Waals surface area contributed by atoms with Crippen LogP contribution < -0.4 is 10.0 Å². The van der Waals surface area contributed by atoms with Gasteiger partial charge in [0.25, 0.3) is 0 Å². The Balaban J connectivity index is 0.00000400. The zero-order valence-electron chi connectivity index (χ0n) is 11.7. The van der Waals surface area contributed by atoms with E-state index in [1.165, 1.54) is 0 Å². The maximum atomic E-state index is 13.2. The molecule has 0 unspecified atom stereocenters. The lowest BCUT2D eigenvalue weighted by Crippen LogP contribution is -2.28. The Kier molecular flexibility index (Phi) is 8.41. The van der Waals surface area contributed by atoms with E-state index in [-0.39, 0.29) is 29.4 Å². The lowest BCUT2D eigenvalue weighted by molar-refractivity contribution is 0.0595. The van der Waals surface area contributed by atoms with Gasteiger partial charge >= 0.3 is 5.97 Å². The van der Waals surface area contributed by atoms with Gasteiger partial charge in [-0.25, -0.2) is 22.3 Å². The van der Waals surface area contributed by atoms with Crippen LogP contribution in [0.5, 0.6) is 0 Å². The molecule has 0 aliphatic rings. The Morgan fingerprint density at radius 2 is 2.00 bits per heavy atom. The van der Waals surface area contributed by atoms with Gasteiger partial charge < -0.3 is 10.1 Å². The topological polar surface area (TPSA) is 84.5 Å². The van der Waals surface area contributed by atoms with Crippen molar-refractivity contribution in [1.29, 1.82) is 0 Å². The molecule has 0 saturated heterocycles. The number of rotatable bonds is 7. The van der Waals surface area contributed by atoms with E-state index in [1.54, 1.807) is 7.05 Å². The molecule has 0 bridgehead atoms. The van der Waals surface area contributed by atoms with Gasteiger partial charge in [0.1, 0.15) is 5.82 Å². The maximum Gasteiger partial charge on any atom is 0.339 e. The number of ether oxygens (including phenoxy) is 1. The summed E-state index contributed by atoms with van der Waals surface area (Å²) >= 11 is 0. The molecule has 0 fully saturated rings. The summed E-state index contributed by atoms with van der Waals surface area (Å²) < 4.78 is 44.1. The number of nitrogens with one attached hydrogen (secondary N) is 2. The Morgan fingerprint density at radius 1 is 1.33 bits per heavy atom. The predicted molar refractivity (Wildman–Crippen MR) is 78.7 cm³/mol. The van der Waals surface area contributed by atoms with Gasteiger partial charge in [0.05, 0.1) is 17.6 Å². The van der Waals surface area contributed by atoms with Gasteiger partial charge in [0.2, 0.25) is 10.0 Å². The van der Waals surface area contributed by atoms with E-state index in [0.29, 0.717) is 13.0 Å². The second kappa shape index (κ2) is 8.93. The fourth-order valence-corrected chi connectivity index (χ4v) is 2.80. The molecule has 0 aliphatic carbocycles.